The molecule has 0 atom stereocenters. The Morgan fingerprint density at radius 2 is 2.10 bits per heavy atom. The lowest BCUT2D eigenvalue weighted by molar-refractivity contribution is 0.0948. The number of nitrogens with two attached hydrogens (primary N) is 1. The number of aromatic hydroxyl groups is 1. The van der Waals surface area contributed by atoms with E-state index in [4.69, 9.17) is 10.5 Å². The number of hydrogen-bond acceptors (Lipinski definition) is 4. The molecule has 0 aliphatic rings. The third-order valence-corrected chi connectivity index (χ3v) is 3.38. The largest absolute Gasteiger partial charge is 0.507 e. The number of nitrogen functional groups attached to an aromatic ring is 1. The van der Waals surface area contributed by atoms with E-state index >= 15 is 0 Å². The van der Waals surface area contributed by atoms with Crippen LogP contribution in [0, 0.1) is 6.92 Å². The van der Waals surface area contributed by atoms with Crippen LogP contribution in [0.4, 0.5) is 5.69 Å². The molecule has 5 heteroatoms. The number of ether oxygens (including phenoxy) is 1. The Morgan fingerprint density at radius 1 is 1.33 bits per heavy atom. The summed E-state index contributed by atoms with van der Waals surface area (Å²) in [4.78, 5) is 12.1. The molecule has 0 aliphatic heterocycles. The second-order valence-corrected chi connectivity index (χ2v) is 4.70. The molecule has 4 N–H and O–H groups in total. The number of rotatable bonds is 4. The van der Waals surface area contributed by atoms with Gasteiger partial charge in [-0.2, -0.15) is 0 Å². The standard InChI is InChI=1S/C16H18N2O3/c1-10-11(4-3-5-14(10)17)9-18-16(20)13-7-6-12(21-2)8-15(13)19/h3-8,19H,9,17H2,1-2H3,(H,18,20). The Balaban J connectivity index is 2.10. The summed E-state index contributed by atoms with van der Waals surface area (Å²) in [6.45, 7) is 2.25. The minimum Gasteiger partial charge on any atom is -0.507 e. The predicted molar refractivity (Wildman–Crippen MR) is 81.4 cm³/mol. The Bertz CT molecular complexity index is 669. The summed E-state index contributed by atoms with van der Waals surface area (Å²) < 4.78 is 4.98. The van der Waals surface area contributed by atoms with E-state index in [2.05, 4.69) is 5.32 Å². The van der Waals surface area contributed by atoms with Gasteiger partial charge in [-0.1, -0.05) is 12.1 Å². The van der Waals surface area contributed by atoms with Crippen LogP contribution in [0.25, 0.3) is 0 Å². The number of phenols is 1. The van der Waals surface area contributed by atoms with Crippen molar-refractivity contribution in [2.24, 2.45) is 0 Å². The van der Waals surface area contributed by atoms with Crippen LogP contribution in [0.1, 0.15) is 21.5 Å². The Labute approximate surface area is 123 Å². The van der Waals surface area contributed by atoms with Crippen LogP contribution in [0.2, 0.25) is 0 Å². The molecule has 110 valence electrons. The number of hydrogen-bond donors (Lipinski definition) is 3. The first-order valence-electron chi connectivity index (χ1n) is 6.52. The lowest BCUT2D eigenvalue weighted by Crippen LogP contribution is -2.23. The van der Waals surface area contributed by atoms with Gasteiger partial charge in [0.15, 0.2) is 0 Å². The number of benzene rings is 2. The second-order valence-electron chi connectivity index (χ2n) is 4.70. The van der Waals surface area contributed by atoms with E-state index in [1.807, 2.05) is 25.1 Å². The van der Waals surface area contributed by atoms with Crippen molar-refractivity contribution in [3.8, 4) is 11.5 Å². The molecule has 2 aromatic rings. The summed E-state index contributed by atoms with van der Waals surface area (Å²) in [5.74, 6) is 0.0313. The molecule has 0 radical (unpaired) electrons. The third kappa shape index (κ3) is 3.25. The SMILES string of the molecule is COc1ccc(C(=O)NCc2cccc(N)c2C)c(O)c1. The molecule has 0 fully saturated rings. The Hall–Kier alpha value is -2.69. The highest BCUT2D eigenvalue weighted by molar-refractivity contribution is 5.97. The fraction of sp³-hybridized carbons (Fsp3) is 0.188. The monoisotopic (exact) mass is 286 g/mol. The molecule has 0 spiro atoms. The molecule has 5 nitrogen and oxygen atoms in total. The first-order valence-corrected chi connectivity index (χ1v) is 6.52. The molecule has 0 saturated carbocycles. The first-order chi connectivity index (χ1) is 10.0. The lowest BCUT2D eigenvalue weighted by Gasteiger charge is -2.11. The Morgan fingerprint density at radius 3 is 2.76 bits per heavy atom. The molecular weight excluding hydrogens is 268 g/mol. The van der Waals surface area contributed by atoms with E-state index in [1.54, 1.807) is 6.07 Å². The lowest BCUT2D eigenvalue weighted by atomic mass is 10.1. The Kier molecular flexibility index (Phi) is 4.33. The maximum absolute atomic E-state index is 12.1. The van der Waals surface area contributed by atoms with Crippen LogP contribution in [0.3, 0.4) is 0 Å². The molecule has 0 unspecified atom stereocenters. The summed E-state index contributed by atoms with van der Waals surface area (Å²) in [5, 5.41) is 12.6. The fourth-order valence-electron chi connectivity index (χ4n) is 2.00. The van der Waals surface area contributed by atoms with E-state index < -0.39 is 0 Å². The van der Waals surface area contributed by atoms with Gasteiger partial charge in [0.2, 0.25) is 0 Å². The summed E-state index contributed by atoms with van der Waals surface area (Å²) >= 11 is 0. The average molecular weight is 286 g/mol. The van der Waals surface area contributed by atoms with E-state index in [9.17, 15) is 9.90 Å². The van der Waals surface area contributed by atoms with Crippen LogP contribution >= 0.6 is 0 Å². The van der Waals surface area contributed by atoms with Gasteiger partial charge in [-0.25, -0.2) is 0 Å². The minimum atomic E-state index is -0.350. The van der Waals surface area contributed by atoms with Crippen LogP contribution in [-0.2, 0) is 6.54 Å². The van der Waals surface area contributed by atoms with Gasteiger partial charge in [0.1, 0.15) is 11.5 Å². The van der Waals surface area contributed by atoms with Crippen LogP contribution in [-0.4, -0.2) is 18.1 Å². The molecule has 2 rings (SSSR count). The van der Waals surface area contributed by atoms with E-state index in [-0.39, 0.29) is 17.2 Å². The van der Waals surface area contributed by atoms with Gasteiger partial charge in [-0.3, -0.25) is 4.79 Å². The highest BCUT2D eigenvalue weighted by Gasteiger charge is 2.12. The van der Waals surface area contributed by atoms with E-state index in [0.717, 1.165) is 11.1 Å². The smallest absolute Gasteiger partial charge is 0.255 e. The molecule has 0 bridgehead atoms. The molecular formula is C16H18N2O3. The van der Waals surface area contributed by atoms with Crippen molar-refractivity contribution in [3.63, 3.8) is 0 Å². The normalized spacial score (nSPS) is 10.2. The topological polar surface area (TPSA) is 84.6 Å². The van der Waals surface area contributed by atoms with Crippen molar-refractivity contribution >= 4 is 11.6 Å². The number of amides is 1. The van der Waals surface area contributed by atoms with Crippen LogP contribution in [0.5, 0.6) is 11.5 Å². The van der Waals surface area contributed by atoms with Crippen molar-refractivity contribution in [3.05, 3.63) is 53.1 Å². The number of carbonyl (C=O) groups excluding carboxylic acids is 1. The maximum atomic E-state index is 12.1. The van der Waals surface area contributed by atoms with E-state index in [0.29, 0.717) is 18.0 Å². The van der Waals surface area contributed by atoms with E-state index in [1.165, 1.54) is 19.2 Å². The molecule has 0 aromatic heterocycles. The van der Waals surface area contributed by atoms with Crippen LogP contribution in [0.15, 0.2) is 36.4 Å². The van der Waals surface area contributed by atoms with Gasteiger partial charge in [-0.15, -0.1) is 0 Å². The third-order valence-electron chi connectivity index (χ3n) is 3.38. The van der Waals surface area contributed by atoms with Crippen molar-refractivity contribution in [2.75, 3.05) is 12.8 Å². The zero-order chi connectivity index (χ0) is 15.4. The maximum Gasteiger partial charge on any atom is 0.255 e. The quantitative estimate of drug-likeness (QED) is 0.752. The molecule has 0 heterocycles. The summed E-state index contributed by atoms with van der Waals surface area (Å²) in [6, 6.07) is 10.1. The molecule has 1 amide bonds. The molecule has 0 saturated heterocycles. The van der Waals surface area contributed by atoms with Crippen molar-refractivity contribution in [2.45, 2.75) is 13.5 Å². The molecule has 21 heavy (non-hydrogen) atoms. The molecule has 0 aliphatic carbocycles. The second kappa shape index (κ2) is 6.17. The zero-order valence-electron chi connectivity index (χ0n) is 12.0. The van der Waals surface area contributed by atoms with Gasteiger partial charge in [-0.05, 0) is 36.2 Å². The summed E-state index contributed by atoms with van der Waals surface area (Å²) in [7, 11) is 1.50. The minimum absolute atomic E-state index is 0.115. The fourth-order valence-corrected chi connectivity index (χ4v) is 2.00. The van der Waals surface area contributed by atoms with Crippen molar-refractivity contribution in [1.29, 1.82) is 0 Å². The van der Waals surface area contributed by atoms with Gasteiger partial charge in [0, 0.05) is 18.3 Å². The van der Waals surface area contributed by atoms with Gasteiger partial charge in [0.25, 0.3) is 5.91 Å². The highest BCUT2D eigenvalue weighted by atomic mass is 16.5. The van der Waals surface area contributed by atoms with Gasteiger partial charge < -0.3 is 20.9 Å². The highest BCUT2D eigenvalue weighted by Crippen LogP contribution is 2.23. The predicted octanol–water partition coefficient (Wildman–Crippen LogP) is 2.22. The van der Waals surface area contributed by atoms with Crippen molar-refractivity contribution in [1.82, 2.24) is 5.32 Å². The summed E-state index contributed by atoms with van der Waals surface area (Å²) in [5.41, 5.74) is 8.60. The molecule has 2 aromatic carbocycles. The first kappa shape index (κ1) is 14.7. The number of carbonyl (C=O) groups is 1. The van der Waals surface area contributed by atoms with Crippen molar-refractivity contribution < 1.29 is 14.6 Å². The summed E-state index contributed by atoms with van der Waals surface area (Å²) in [6.07, 6.45) is 0. The number of methoxy groups -OCH3 is 1. The van der Waals surface area contributed by atoms with Crippen LogP contribution < -0.4 is 15.8 Å². The van der Waals surface area contributed by atoms with Gasteiger partial charge in [0.05, 0.1) is 12.7 Å². The zero-order valence-corrected chi connectivity index (χ0v) is 12.0. The van der Waals surface area contributed by atoms with Gasteiger partial charge >= 0.3 is 0 Å². The number of anilines is 1. The number of phenolic OH excluding ortho intramolecular Hbond substituents is 1. The number of nitrogens with one attached hydrogen (secondary N) is 1. The average Bonchev–Trinajstić information content (AvgIpc) is 2.48.